The molecule has 1 atom stereocenters. The zero-order chi connectivity index (χ0) is 14.5. The molecule has 0 aliphatic heterocycles. The Morgan fingerprint density at radius 3 is 2.40 bits per heavy atom. The van der Waals surface area contributed by atoms with E-state index in [0.717, 1.165) is 11.1 Å². The zero-order valence-electron chi connectivity index (χ0n) is 11.6. The summed E-state index contributed by atoms with van der Waals surface area (Å²) in [5.74, 6) is 1.27. The fourth-order valence-electron chi connectivity index (χ4n) is 1.96. The summed E-state index contributed by atoms with van der Waals surface area (Å²) in [7, 11) is 0. The van der Waals surface area contributed by atoms with Crippen LogP contribution in [0.4, 0.5) is 0 Å². The minimum absolute atomic E-state index is 0.365. The lowest BCUT2D eigenvalue weighted by Gasteiger charge is -2.17. The second-order valence-corrected chi connectivity index (χ2v) is 4.63. The molecule has 4 nitrogen and oxygen atoms in total. The maximum Gasteiger partial charge on any atom is 0.162 e. The summed E-state index contributed by atoms with van der Waals surface area (Å²) in [6, 6.07) is 5.02. The van der Waals surface area contributed by atoms with E-state index < -0.39 is 0 Å². The third-order valence-electron chi connectivity index (χ3n) is 2.90. The van der Waals surface area contributed by atoms with Gasteiger partial charge in [-0.1, -0.05) is 11.6 Å². The topological polar surface area (TPSA) is 57.6 Å². The summed E-state index contributed by atoms with van der Waals surface area (Å²) in [5.41, 5.74) is 7.85. The first-order valence-electron chi connectivity index (χ1n) is 6.54. The van der Waals surface area contributed by atoms with Crippen molar-refractivity contribution in [2.75, 3.05) is 13.2 Å². The number of ether oxygens (including phenoxy) is 2. The number of benzene rings is 1. The van der Waals surface area contributed by atoms with Gasteiger partial charge in [-0.15, -0.1) is 0 Å². The average molecular weight is 296 g/mol. The van der Waals surface area contributed by atoms with E-state index in [2.05, 4.69) is 0 Å². The number of nitrogens with two attached hydrogens (primary N) is 1. The van der Waals surface area contributed by atoms with Gasteiger partial charge in [0, 0.05) is 16.7 Å². The first-order chi connectivity index (χ1) is 9.67. The van der Waals surface area contributed by atoms with Crippen molar-refractivity contribution in [1.29, 1.82) is 0 Å². The van der Waals surface area contributed by atoms with Crippen LogP contribution in [0.1, 0.15) is 31.0 Å². The summed E-state index contributed by atoms with van der Waals surface area (Å²) in [6.07, 6.45) is 3.19. The Kier molecular flexibility index (Phi) is 4.93. The van der Waals surface area contributed by atoms with Crippen LogP contribution in [0.2, 0.25) is 5.02 Å². The van der Waals surface area contributed by atoms with Crippen molar-refractivity contribution in [3.05, 3.63) is 46.9 Å². The Bertz CT molecular complexity index is 554. The molecule has 108 valence electrons. The largest absolute Gasteiger partial charge is 0.490 e. The lowest BCUT2D eigenvalue weighted by molar-refractivity contribution is 0.287. The second kappa shape index (κ2) is 6.68. The van der Waals surface area contributed by atoms with E-state index in [4.69, 9.17) is 31.2 Å². The molecule has 0 aliphatic rings. The van der Waals surface area contributed by atoms with Crippen LogP contribution in [0.5, 0.6) is 11.5 Å². The lowest BCUT2D eigenvalue weighted by atomic mass is 10.0. The highest BCUT2D eigenvalue weighted by atomic mass is 35.5. The Morgan fingerprint density at radius 2 is 1.85 bits per heavy atom. The van der Waals surface area contributed by atoms with Crippen molar-refractivity contribution < 1.29 is 13.9 Å². The van der Waals surface area contributed by atoms with Crippen LogP contribution >= 0.6 is 11.6 Å². The third kappa shape index (κ3) is 3.08. The molecule has 1 aromatic heterocycles. The molecule has 0 saturated heterocycles. The highest BCUT2D eigenvalue weighted by Gasteiger charge is 2.18. The van der Waals surface area contributed by atoms with Crippen LogP contribution in [0.15, 0.2) is 35.1 Å². The molecule has 5 heteroatoms. The van der Waals surface area contributed by atoms with Crippen LogP contribution in [0.3, 0.4) is 0 Å². The van der Waals surface area contributed by atoms with Crippen molar-refractivity contribution >= 4 is 11.6 Å². The Labute approximate surface area is 123 Å². The number of hydrogen-bond acceptors (Lipinski definition) is 4. The average Bonchev–Trinajstić information content (AvgIpc) is 2.95. The van der Waals surface area contributed by atoms with Crippen molar-refractivity contribution in [3.63, 3.8) is 0 Å². The Balaban J connectivity index is 2.40. The molecule has 0 bridgehead atoms. The van der Waals surface area contributed by atoms with Gasteiger partial charge in [0.15, 0.2) is 11.5 Å². The first kappa shape index (κ1) is 14.8. The van der Waals surface area contributed by atoms with Gasteiger partial charge in [0.2, 0.25) is 0 Å². The molecule has 0 saturated carbocycles. The van der Waals surface area contributed by atoms with Gasteiger partial charge >= 0.3 is 0 Å². The molecule has 20 heavy (non-hydrogen) atoms. The smallest absolute Gasteiger partial charge is 0.162 e. The Hall–Kier alpha value is -1.65. The molecule has 0 fully saturated rings. The fraction of sp³-hybridized carbons (Fsp3) is 0.333. The molecule has 2 rings (SSSR count). The second-order valence-electron chi connectivity index (χ2n) is 4.22. The number of halogens is 1. The van der Waals surface area contributed by atoms with E-state index in [1.165, 1.54) is 0 Å². The van der Waals surface area contributed by atoms with Gasteiger partial charge < -0.3 is 19.6 Å². The van der Waals surface area contributed by atoms with Crippen molar-refractivity contribution in [2.24, 2.45) is 5.73 Å². The van der Waals surface area contributed by atoms with Gasteiger partial charge in [-0.3, -0.25) is 0 Å². The molecule has 0 spiro atoms. The van der Waals surface area contributed by atoms with E-state index >= 15 is 0 Å². The van der Waals surface area contributed by atoms with Crippen molar-refractivity contribution in [1.82, 2.24) is 0 Å². The summed E-state index contributed by atoms with van der Waals surface area (Å²) in [5, 5.41) is 0.547. The number of furan rings is 1. The molecule has 1 unspecified atom stereocenters. The number of rotatable bonds is 6. The highest BCUT2D eigenvalue weighted by Crippen LogP contribution is 2.37. The predicted molar refractivity (Wildman–Crippen MR) is 78.5 cm³/mol. The minimum atomic E-state index is -0.365. The summed E-state index contributed by atoms with van der Waals surface area (Å²) in [4.78, 5) is 0. The minimum Gasteiger partial charge on any atom is -0.490 e. The summed E-state index contributed by atoms with van der Waals surface area (Å²) < 4.78 is 16.2. The highest BCUT2D eigenvalue weighted by molar-refractivity contribution is 6.31. The maximum absolute atomic E-state index is 6.30. The van der Waals surface area contributed by atoms with Crippen LogP contribution in [0.25, 0.3) is 0 Å². The first-order valence-corrected chi connectivity index (χ1v) is 6.91. The van der Waals surface area contributed by atoms with E-state index in [1.54, 1.807) is 18.6 Å². The summed E-state index contributed by atoms with van der Waals surface area (Å²) in [6.45, 7) is 4.92. The molecule has 0 aliphatic carbocycles. The molecule has 1 heterocycles. The van der Waals surface area contributed by atoms with Crippen molar-refractivity contribution in [3.8, 4) is 11.5 Å². The molecular formula is C15H18ClNO3. The predicted octanol–water partition coefficient (Wildman–Crippen LogP) is 3.78. The molecule has 2 aromatic rings. The molecule has 0 amide bonds. The number of hydrogen-bond donors (Lipinski definition) is 1. The van der Waals surface area contributed by atoms with E-state index in [-0.39, 0.29) is 6.04 Å². The van der Waals surface area contributed by atoms with Gasteiger partial charge in [-0.2, -0.15) is 0 Å². The van der Waals surface area contributed by atoms with Crippen molar-refractivity contribution in [2.45, 2.75) is 19.9 Å². The van der Waals surface area contributed by atoms with Gasteiger partial charge in [0.1, 0.15) is 0 Å². The molecule has 1 aromatic carbocycles. The van der Waals surface area contributed by atoms with E-state index in [1.807, 2.05) is 26.0 Å². The quantitative estimate of drug-likeness (QED) is 0.881. The molecular weight excluding hydrogens is 278 g/mol. The summed E-state index contributed by atoms with van der Waals surface area (Å²) >= 11 is 6.30. The van der Waals surface area contributed by atoms with E-state index in [9.17, 15) is 0 Å². The Morgan fingerprint density at radius 1 is 1.20 bits per heavy atom. The third-order valence-corrected chi connectivity index (χ3v) is 3.23. The van der Waals surface area contributed by atoms with Crippen LogP contribution in [-0.2, 0) is 0 Å². The fourth-order valence-corrected chi connectivity index (χ4v) is 2.23. The molecule has 2 N–H and O–H groups in total. The van der Waals surface area contributed by atoms with Crippen LogP contribution in [-0.4, -0.2) is 13.2 Å². The van der Waals surface area contributed by atoms with Gasteiger partial charge in [0.25, 0.3) is 0 Å². The lowest BCUT2D eigenvalue weighted by Crippen LogP contribution is -2.12. The van der Waals surface area contributed by atoms with Gasteiger partial charge in [-0.05, 0) is 31.5 Å². The monoisotopic (exact) mass is 295 g/mol. The van der Waals surface area contributed by atoms with Crippen LogP contribution in [0, 0.1) is 0 Å². The molecule has 0 radical (unpaired) electrons. The van der Waals surface area contributed by atoms with E-state index in [0.29, 0.717) is 29.7 Å². The van der Waals surface area contributed by atoms with Crippen LogP contribution < -0.4 is 15.2 Å². The maximum atomic E-state index is 6.30. The zero-order valence-corrected chi connectivity index (χ0v) is 12.3. The normalized spacial score (nSPS) is 12.2. The standard InChI is InChI=1S/C15H18ClNO3/c1-3-19-13-7-11(12(16)8-14(13)20-4-2)15(17)10-5-6-18-9-10/h5-9,15H,3-4,17H2,1-2H3. The SMILES string of the molecule is CCOc1cc(Cl)c(C(N)c2ccoc2)cc1OCC. The van der Waals surface area contributed by atoms with Gasteiger partial charge in [-0.25, -0.2) is 0 Å². The van der Waals surface area contributed by atoms with Gasteiger partial charge in [0.05, 0.1) is 31.8 Å².